The van der Waals surface area contributed by atoms with Gasteiger partial charge in [-0.05, 0) is 24.1 Å². The first kappa shape index (κ1) is 14.9. The standard InChI is InChI=1S/C20H14N4O/c1-25-20-12-8-15(13-22-20)7-9-17-14-21-19-11-10-18(23-24(17)19)16-5-3-2-4-6-16/h2-6,8,10-14H,1H3. The van der Waals surface area contributed by atoms with Crippen molar-refractivity contribution in [3.8, 4) is 29.0 Å². The molecule has 0 atom stereocenters. The van der Waals surface area contributed by atoms with Gasteiger partial charge in [0.15, 0.2) is 5.65 Å². The molecule has 0 aliphatic heterocycles. The first-order valence-corrected chi connectivity index (χ1v) is 7.76. The number of fused-ring (bicyclic) bond motifs is 1. The normalized spacial score (nSPS) is 10.3. The highest BCUT2D eigenvalue weighted by Gasteiger charge is 2.05. The minimum Gasteiger partial charge on any atom is -0.481 e. The fourth-order valence-electron chi connectivity index (χ4n) is 2.43. The molecule has 3 heterocycles. The van der Waals surface area contributed by atoms with Gasteiger partial charge in [-0.1, -0.05) is 36.3 Å². The molecule has 120 valence electrons. The van der Waals surface area contributed by atoms with Gasteiger partial charge in [0.2, 0.25) is 5.88 Å². The van der Waals surface area contributed by atoms with E-state index in [1.807, 2.05) is 48.5 Å². The lowest BCUT2D eigenvalue weighted by molar-refractivity contribution is 0.398. The zero-order valence-corrected chi connectivity index (χ0v) is 13.5. The monoisotopic (exact) mass is 326 g/mol. The quantitative estimate of drug-likeness (QED) is 0.531. The number of nitrogens with zero attached hydrogens (tertiary/aromatic N) is 4. The van der Waals surface area contributed by atoms with Gasteiger partial charge in [0.25, 0.3) is 0 Å². The van der Waals surface area contributed by atoms with Crippen molar-refractivity contribution in [2.24, 2.45) is 0 Å². The van der Waals surface area contributed by atoms with E-state index < -0.39 is 0 Å². The van der Waals surface area contributed by atoms with Crippen LogP contribution in [0.1, 0.15) is 11.3 Å². The summed E-state index contributed by atoms with van der Waals surface area (Å²) in [6.45, 7) is 0. The summed E-state index contributed by atoms with van der Waals surface area (Å²) in [7, 11) is 1.59. The summed E-state index contributed by atoms with van der Waals surface area (Å²) in [5.74, 6) is 6.75. The van der Waals surface area contributed by atoms with Gasteiger partial charge < -0.3 is 4.74 Å². The molecule has 0 radical (unpaired) electrons. The largest absolute Gasteiger partial charge is 0.481 e. The van der Waals surface area contributed by atoms with E-state index in [9.17, 15) is 0 Å². The van der Waals surface area contributed by atoms with Crippen molar-refractivity contribution >= 4 is 5.65 Å². The molecule has 0 fully saturated rings. The second kappa shape index (κ2) is 6.46. The highest BCUT2D eigenvalue weighted by Crippen LogP contribution is 2.17. The van der Waals surface area contributed by atoms with Gasteiger partial charge in [0.05, 0.1) is 19.0 Å². The number of hydrogen-bond acceptors (Lipinski definition) is 4. The van der Waals surface area contributed by atoms with Crippen molar-refractivity contribution in [2.75, 3.05) is 7.11 Å². The van der Waals surface area contributed by atoms with Crippen LogP contribution in [0, 0.1) is 11.8 Å². The van der Waals surface area contributed by atoms with Crippen LogP contribution in [0.2, 0.25) is 0 Å². The highest BCUT2D eigenvalue weighted by molar-refractivity contribution is 5.60. The third-order valence-electron chi connectivity index (χ3n) is 3.71. The second-order valence-corrected chi connectivity index (χ2v) is 5.34. The van der Waals surface area contributed by atoms with Gasteiger partial charge in [-0.25, -0.2) is 14.5 Å². The van der Waals surface area contributed by atoms with E-state index in [1.54, 1.807) is 30.1 Å². The zero-order chi connectivity index (χ0) is 17.1. The summed E-state index contributed by atoms with van der Waals surface area (Å²) < 4.78 is 6.81. The number of rotatable bonds is 2. The fraction of sp³-hybridized carbons (Fsp3) is 0.0500. The molecule has 4 aromatic rings. The van der Waals surface area contributed by atoms with E-state index >= 15 is 0 Å². The lowest BCUT2D eigenvalue weighted by atomic mass is 10.1. The maximum absolute atomic E-state index is 5.05. The molecule has 0 saturated carbocycles. The lowest BCUT2D eigenvalue weighted by Gasteiger charge is -2.01. The summed E-state index contributed by atoms with van der Waals surface area (Å²) in [5.41, 5.74) is 4.21. The van der Waals surface area contributed by atoms with Crippen molar-refractivity contribution in [2.45, 2.75) is 0 Å². The lowest BCUT2D eigenvalue weighted by Crippen LogP contribution is -1.96. The Morgan fingerprint density at radius 2 is 1.76 bits per heavy atom. The van der Waals surface area contributed by atoms with Crippen LogP contribution in [0.4, 0.5) is 0 Å². The maximum Gasteiger partial charge on any atom is 0.212 e. The molecule has 4 rings (SSSR count). The van der Waals surface area contributed by atoms with Gasteiger partial charge in [-0.2, -0.15) is 5.10 Å². The third-order valence-corrected chi connectivity index (χ3v) is 3.71. The molecular formula is C20H14N4O. The summed E-state index contributed by atoms with van der Waals surface area (Å²) >= 11 is 0. The number of aromatic nitrogens is 4. The Kier molecular flexibility index (Phi) is 3.85. The van der Waals surface area contributed by atoms with Crippen LogP contribution in [0.25, 0.3) is 16.9 Å². The molecule has 1 aromatic carbocycles. The van der Waals surface area contributed by atoms with Crippen LogP contribution in [0.3, 0.4) is 0 Å². The van der Waals surface area contributed by atoms with Gasteiger partial charge in [0, 0.05) is 23.4 Å². The molecule has 0 unspecified atom stereocenters. The summed E-state index contributed by atoms with van der Waals surface area (Å²) in [5, 5.41) is 4.66. The Labute approximate surface area is 144 Å². The number of pyridine rings is 1. The topological polar surface area (TPSA) is 52.3 Å². The van der Waals surface area contributed by atoms with E-state index in [0.717, 1.165) is 28.2 Å². The molecule has 0 saturated heterocycles. The Balaban J connectivity index is 1.72. The van der Waals surface area contributed by atoms with Gasteiger partial charge >= 0.3 is 0 Å². The molecule has 5 heteroatoms. The molecule has 0 aliphatic rings. The summed E-state index contributed by atoms with van der Waals surface area (Å²) in [6.07, 6.45) is 3.40. The second-order valence-electron chi connectivity index (χ2n) is 5.34. The molecule has 0 spiro atoms. The Bertz CT molecular complexity index is 1070. The fourth-order valence-corrected chi connectivity index (χ4v) is 2.43. The minimum absolute atomic E-state index is 0.564. The van der Waals surface area contributed by atoms with E-state index in [2.05, 4.69) is 26.9 Å². The molecule has 0 amide bonds. The molecule has 25 heavy (non-hydrogen) atoms. The van der Waals surface area contributed by atoms with Crippen molar-refractivity contribution in [3.05, 3.63) is 78.2 Å². The Morgan fingerprint density at radius 3 is 2.52 bits per heavy atom. The van der Waals surface area contributed by atoms with E-state index in [-0.39, 0.29) is 0 Å². The van der Waals surface area contributed by atoms with E-state index in [0.29, 0.717) is 5.88 Å². The molecule has 5 nitrogen and oxygen atoms in total. The molecule has 0 N–H and O–H groups in total. The van der Waals surface area contributed by atoms with Gasteiger partial charge in [0.1, 0.15) is 5.69 Å². The van der Waals surface area contributed by atoms with Crippen molar-refractivity contribution in [1.29, 1.82) is 0 Å². The summed E-state index contributed by atoms with van der Waals surface area (Å²) in [4.78, 5) is 8.51. The number of methoxy groups -OCH3 is 1. The van der Waals surface area contributed by atoms with Gasteiger partial charge in [-0.15, -0.1) is 0 Å². The molecule has 3 aromatic heterocycles. The number of benzene rings is 1. The maximum atomic E-state index is 5.05. The summed E-state index contributed by atoms with van der Waals surface area (Å²) in [6, 6.07) is 17.6. The van der Waals surface area contributed by atoms with Crippen LogP contribution in [-0.2, 0) is 0 Å². The zero-order valence-electron chi connectivity index (χ0n) is 13.5. The van der Waals surface area contributed by atoms with Crippen molar-refractivity contribution < 1.29 is 4.74 Å². The van der Waals surface area contributed by atoms with E-state index in [4.69, 9.17) is 4.74 Å². The Morgan fingerprint density at radius 1 is 0.880 bits per heavy atom. The smallest absolute Gasteiger partial charge is 0.212 e. The third kappa shape index (κ3) is 3.06. The van der Waals surface area contributed by atoms with Crippen LogP contribution in [0.5, 0.6) is 5.88 Å². The van der Waals surface area contributed by atoms with Crippen LogP contribution >= 0.6 is 0 Å². The first-order chi connectivity index (χ1) is 12.3. The number of ether oxygens (including phenoxy) is 1. The highest BCUT2D eigenvalue weighted by atomic mass is 16.5. The van der Waals surface area contributed by atoms with Crippen LogP contribution in [-0.4, -0.2) is 26.7 Å². The average Bonchev–Trinajstić information content (AvgIpc) is 3.10. The van der Waals surface area contributed by atoms with Crippen molar-refractivity contribution in [3.63, 3.8) is 0 Å². The molecular weight excluding hydrogens is 312 g/mol. The van der Waals surface area contributed by atoms with Crippen LogP contribution < -0.4 is 4.74 Å². The van der Waals surface area contributed by atoms with E-state index in [1.165, 1.54) is 0 Å². The molecule has 0 aliphatic carbocycles. The predicted molar refractivity (Wildman–Crippen MR) is 95.2 cm³/mol. The number of imidazole rings is 1. The average molecular weight is 326 g/mol. The molecule has 0 bridgehead atoms. The van der Waals surface area contributed by atoms with Crippen molar-refractivity contribution in [1.82, 2.24) is 19.6 Å². The number of hydrogen-bond donors (Lipinski definition) is 0. The van der Waals surface area contributed by atoms with Crippen LogP contribution in [0.15, 0.2) is 67.0 Å². The Hall–Kier alpha value is -3.65. The predicted octanol–water partition coefficient (Wildman–Crippen LogP) is 3.20. The SMILES string of the molecule is COc1ccc(C#Cc2cnc3ccc(-c4ccccc4)nn23)cn1. The minimum atomic E-state index is 0.564. The first-order valence-electron chi connectivity index (χ1n) is 7.76. The van der Waals surface area contributed by atoms with Gasteiger partial charge in [-0.3, -0.25) is 0 Å².